The number of aromatic nitrogens is 3. The van der Waals surface area contributed by atoms with E-state index in [0.717, 1.165) is 42.3 Å². The topological polar surface area (TPSA) is 84.7 Å². The second kappa shape index (κ2) is 11.8. The largest absolute Gasteiger partial charge is 0.340 e. The van der Waals surface area contributed by atoms with Crippen molar-refractivity contribution in [1.82, 2.24) is 15.0 Å². The Hall–Kier alpha value is -3.22. The van der Waals surface area contributed by atoms with Gasteiger partial charge in [-0.1, -0.05) is 79.2 Å². The van der Waals surface area contributed by atoms with Gasteiger partial charge in [-0.25, -0.2) is 4.98 Å². The van der Waals surface area contributed by atoms with Gasteiger partial charge in [0.15, 0.2) is 5.16 Å². The van der Waals surface area contributed by atoms with Crippen molar-refractivity contribution in [2.75, 3.05) is 5.75 Å². The Morgan fingerprint density at radius 3 is 2.12 bits per heavy atom. The van der Waals surface area contributed by atoms with Crippen LogP contribution in [0.5, 0.6) is 0 Å². The predicted octanol–water partition coefficient (Wildman–Crippen LogP) is 5.77. The van der Waals surface area contributed by atoms with E-state index in [9.17, 15) is 4.79 Å². The number of aromatic amines is 1. The normalized spacial score (nSPS) is 12.9. The molecular weight excluding hydrogens is 440 g/mol. The highest BCUT2D eigenvalue weighted by molar-refractivity contribution is 7.99. The fourth-order valence-electron chi connectivity index (χ4n) is 4.51. The number of H-pyrrole nitrogens is 1. The first-order valence-electron chi connectivity index (χ1n) is 11.7. The van der Waals surface area contributed by atoms with Crippen LogP contribution in [0.2, 0.25) is 0 Å². The molecule has 1 aliphatic rings. The summed E-state index contributed by atoms with van der Waals surface area (Å²) < 4.78 is 0. The summed E-state index contributed by atoms with van der Waals surface area (Å²) in [6.45, 7) is 0.529. The lowest BCUT2D eigenvalue weighted by atomic mass is 9.75. The van der Waals surface area contributed by atoms with Gasteiger partial charge in [-0.2, -0.15) is 0 Å². The Kier molecular flexibility index (Phi) is 8.28. The van der Waals surface area contributed by atoms with Crippen LogP contribution in [0.15, 0.2) is 90.5 Å². The average molecular weight is 471 g/mol. The summed E-state index contributed by atoms with van der Waals surface area (Å²) in [6.07, 6.45) is 10.7. The van der Waals surface area contributed by atoms with Gasteiger partial charge < -0.3 is 15.5 Å². The molecule has 0 saturated carbocycles. The number of thioether (sulfide) groups is 1. The van der Waals surface area contributed by atoms with Crippen molar-refractivity contribution < 1.29 is 4.79 Å². The maximum absolute atomic E-state index is 12.3. The Balaban J connectivity index is 0.000000291. The van der Waals surface area contributed by atoms with E-state index in [1.165, 1.54) is 28.5 Å². The fraction of sp³-hybridized carbons (Fsp3) is 0.250. The lowest BCUT2D eigenvalue weighted by Crippen LogP contribution is -2.27. The van der Waals surface area contributed by atoms with E-state index in [2.05, 4.69) is 51.4 Å². The minimum absolute atomic E-state index is 0.485. The molecule has 0 bridgehead atoms. The molecule has 0 atom stereocenters. The zero-order valence-electron chi connectivity index (χ0n) is 19.2. The first kappa shape index (κ1) is 23.9. The number of pyridine rings is 1. The van der Waals surface area contributed by atoms with Crippen LogP contribution < -0.4 is 5.73 Å². The van der Waals surface area contributed by atoms with Crippen molar-refractivity contribution in [3.05, 3.63) is 102 Å². The minimum Gasteiger partial charge on any atom is -0.340 e. The second-order valence-electron chi connectivity index (χ2n) is 8.26. The van der Waals surface area contributed by atoms with Gasteiger partial charge in [0.25, 0.3) is 0 Å². The number of carbonyl (C=O) groups is 1. The van der Waals surface area contributed by atoms with Crippen LogP contribution in [0.3, 0.4) is 0 Å². The van der Waals surface area contributed by atoms with Gasteiger partial charge >= 0.3 is 0 Å². The summed E-state index contributed by atoms with van der Waals surface area (Å²) in [4.78, 5) is 23.6. The highest BCUT2D eigenvalue weighted by Crippen LogP contribution is 2.50. The molecule has 5 rings (SSSR count). The van der Waals surface area contributed by atoms with E-state index < -0.39 is 5.41 Å². The van der Waals surface area contributed by atoms with Gasteiger partial charge in [0.05, 0.1) is 11.1 Å². The smallest absolute Gasteiger partial charge is 0.165 e. The quantitative estimate of drug-likeness (QED) is 0.184. The van der Waals surface area contributed by atoms with E-state index in [-0.39, 0.29) is 0 Å². The fourth-order valence-corrected chi connectivity index (χ4v) is 5.34. The Labute approximate surface area is 205 Å². The number of nitrogens with one attached hydrogen (secondary N) is 1. The SMILES string of the molecule is NCc1ccccn1.O=CC1(CCCCCSc2ncc[nH]2)c2ccccc2-c2ccccc21. The molecule has 0 radical (unpaired) electrons. The average Bonchev–Trinajstić information content (AvgIpc) is 3.52. The summed E-state index contributed by atoms with van der Waals surface area (Å²) in [5.41, 5.74) is 10.5. The molecule has 174 valence electrons. The minimum atomic E-state index is -0.485. The number of unbranched alkanes of at least 4 members (excludes halogenated alkanes) is 2. The second-order valence-corrected chi connectivity index (χ2v) is 9.34. The predicted molar refractivity (Wildman–Crippen MR) is 139 cm³/mol. The van der Waals surface area contributed by atoms with Gasteiger partial charge in [-0.05, 0) is 47.2 Å². The molecule has 1 aliphatic carbocycles. The molecule has 0 fully saturated rings. The van der Waals surface area contributed by atoms with Crippen molar-refractivity contribution >= 4 is 18.0 Å². The van der Waals surface area contributed by atoms with Gasteiger partial charge in [0.1, 0.15) is 6.29 Å². The molecule has 3 N–H and O–H groups in total. The Morgan fingerprint density at radius 1 is 0.853 bits per heavy atom. The monoisotopic (exact) mass is 470 g/mol. The molecule has 2 aromatic heterocycles. The third kappa shape index (κ3) is 5.29. The highest BCUT2D eigenvalue weighted by Gasteiger charge is 2.42. The van der Waals surface area contributed by atoms with Crippen molar-refractivity contribution in [2.24, 2.45) is 5.73 Å². The van der Waals surface area contributed by atoms with Gasteiger partial charge in [-0.15, -0.1) is 0 Å². The zero-order valence-corrected chi connectivity index (χ0v) is 20.0. The number of carbonyl (C=O) groups excluding carboxylic acids is 1. The van der Waals surface area contributed by atoms with Crippen molar-refractivity contribution in [3.63, 3.8) is 0 Å². The molecule has 0 aliphatic heterocycles. The summed E-state index contributed by atoms with van der Waals surface area (Å²) in [7, 11) is 0. The number of nitrogens with two attached hydrogens (primary N) is 1. The molecule has 0 unspecified atom stereocenters. The maximum Gasteiger partial charge on any atom is 0.165 e. The van der Waals surface area contributed by atoms with Crippen LogP contribution in [0, 0.1) is 0 Å². The lowest BCUT2D eigenvalue weighted by Gasteiger charge is -2.25. The van der Waals surface area contributed by atoms with Crippen LogP contribution >= 0.6 is 11.8 Å². The summed E-state index contributed by atoms with van der Waals surface area (Å²) >= 11 is 1.76. The number of hydrogen-bond acceptors (Lipinski definition) is 5. The number of hydrogen-bond donors (Lipinski definition) is 2. The van der Waals surface area contributed by atoms with E-state index in [4.69, 9.17) is 5.73 Å². The van der Waals surface area contributed by atoms with E-state index in [1.54, 1.807) is 24.2 Å². The van der Waals surface area contributed by atoms with Gasteiger partial charge in [-0.3, -0.25) is 4.98 Å². The van der Waals surface area contributed by atoms with Crippen molar-refractivity contribution in [1.29, 1.82) is 0 Å². The van der Waals surface area contributed by atoms with Crippen molar-refractivity contribution in [3.8, 4) is 11.1 Å². The van der Waals surface area contributed by atoms with Crippen LogP contribution in [0.25, 0.3) is 11.1 Å². The van der Waals surface area contributed by atoms with Gasteiger partial charge in [0.2, 0.25) is 0 Å². The zero-order chi connectivity index (χ0) is 23.6. The molecule has 0 amide bonds. The first-order chi connectivity index (χ1) is 16.8. The number of rotatable bonds is 9. The van der Waals surface area contributed by atoms with Crippen LogP contribution in [0.1, 0.15) is 42.5 Å². The van der Waals surface area contributed by atoms with Crippen LogP contribution in [-0.4, -0.2) is 27.0 Å². The number of benzene rings is 2. The molecule has 6 heteroatoms. The van der Waals surface area contributed by atoms with E-state index >= 15 is 0 Å². The molecule has 0 saturated heterocycles. The number of aldehydes is 1. The molecule has 34 heavy (non-hydrogen) atoms. The molecule has 5 nitrogen and oxygen atoms in total. The van der Waals surface area contributed by atoms with Crippen LogP contribution in [0.4, 0.5) is 0 Å². The lowest BCUT2D eigenvalue weighted by molar-refractivity contribution is -0.111. The molecule has 4 aromatic rings. The highest BCUT2D eigenvalue weighted by atomic mass is 32.2. The molecular formula is C28H30N4OS. The number of fused-ring (bicyclic) bond motifs is 3. The molecule has 2 aromatic carbocycles. The number of imidazole rings is 1. The van der Waals surface area contributed by atoms with E-state index in [0.29, 0.717) is 6.54 Å². The molecule has 0 spiro atoms. The summed E-state index contributed by atoms with van der Waals surface area (Å²) in [5, 5.41) is 0.980. The molecule has 2 heterocycles. The first-order valence-corrected chi connectivity index (χ1v) is 12.6. The standard InChI is InChI=1S/C22H22N2OS.C6H8N2/c25-16-22(12-6-1-7-15-26-21-23-13-14-24-21)19-10-4-2-8-17(19)18-9-3-5-11-20(18)22;7-5-6-3-1-2-4-8-6/h2-5,8-11,13-14,16H,1,6-7,12,15H2,(H,23,24);1-4H,5,7H2. The van der Waals surface area contributed by atoms with E-state index in [1.807, 2.05) is 36.5 Å². The number of nitrogens with zero attached hydrogens (tertiary/aromatic N) is 2. The third-order valence-corrected chi connectivity index (χ3v) is 7.16. The Morgan fingerprint density at radius 2 is 1.56 bits per heavy atom. The summed E-state index contributed by atoms with van der Waals surface area (Å²) in [6, 6.07) is 22.4. The van der Waals surface area contributed by atoms with Crippen LogP contribution in [-0.2, 0) is 16.8 Å². The Bertz CT molecular complexity index is 1130. The van der Waals surface area contributed by atoms with Gasteiger partial charge in [0, 0.05) is 30.9 Å². The van der Waals surface area contributed by atoms with Crippen molar-refractivity contribution in [2.45, 2.75) is 42.8 Å². The summed E-state index contributed by atoms with van der Waals surface area (Å²) in [5.74, 6) is 1.05. The third-order valence-electron chi connectivity index (χ3n) is 6.17. The maximum atomic E-state index is 12.3.